The van der Waals surface area contributed by atoms with Crippen molar-refractivity contribution in [1.82, 2.24) is 14.9 Å². The van der Waals surface area contributed by atoms with E-state index in [1.807, 2.05) is 6.92 Å². The first-order valence-corrected chi connectivity index (χ1v) is 8.45. The number of carbonyl (C=O) groups excluding carboxylic acids is 1. The van der Waals surface area contributed by atoms with Crippen molar-refractivity contribution < 1.29 is 9.21 Å². The summed E-state index contributed by atoms with van der Waals surface area (Å²) >= 11 is 0. The van der Waals surface area contributed by atoms with Crippen LogP contribution in [0, 0.1) is 6.92 Å². The molecule has 128 valence electrons. The number of nitrogens with zero attached hydrogens (tertiary/aromatic N) is 2. The molecule has 6 heteroatoms. The lowest BCUT2D eigenvalue weighted by Crippen LogP contribution is -2.39. The highest BCUT2D eigenvalue weighted by Crippen LogP contribution is 2.26. The Morgan fingerprint density at radius 3 is 3.00 bits per heavy atom. The van der Waals surface area contributed by atoms with Crippen molar-refractivity contribution in [2.45, 2.75) is 25.7 Å². The lowest BCUT2D eigenvalue weighted by Gasteiger charge is -2.31. The maximum absolute atomic E-state index is 12.8. The highest BCUT2D eigenvalue weighted by molar-refractivity contribution is 5.93. The van der Waals surface area contributed by atoms with Crippen molar-refractivity contribution in [2.75, 3.05) is 13.1 Å². The lowest BCUT2D eigenvalue weighted by atomic mass is 9.97. The van der Waals surface area contributed by atoms with Crippen LogP contribution in [0.4, 0.5) is 0 Å². The molecule has 0 saturated carbocycles. The largest absolute Gasteiger partial charge is 0.451 e. The number of likely N-dealkylation sites (tertiary alicyclic amines) is 1. The van der Waals surface area contributed by atoms with E-state index >= 15 is 0 Å². The Morgan fingerprint density at radius 1 is 1.36 bits per heavy atom. The van der Waals surface area contributed by atoms with Crippen molar-refractivity contribution in [1.29, 1.82) is 0 Å². The normalized spacial score (nSPS) is 17.8. The third-order valence-corrected chi connectivity index (χ3v) is 4.66. The molecule has 1 saturated heterocycles. The lowest BCUT2D eigenvalue weighted by molar-refractivity contribution is 0.0673. The predicted molar refractivity (Wildman–Crippen MR) is 93.7 cm³/mol. The van der Waals surface area contributed by atoms with E-state index in [9.17, 15) is 9.59 Å². The second-order valence-electron chi connectivity index (χ2n) is 6.51. The van der Waals surface area contributed by atoms with Gasteiger partial charge in [0.05, 0.1) is 5.39 Å². The van der Waals surface area contributed by atoms with E-state index in [0.29, 0.717) is 24.1 Å². The average Bonchev–Trinajstić information content (AvgIpc) is 3.08. The molecule has 0 bridgehead atoms. The number of aromatic nitrogens is 2. The van der Waals surface area contributed by atoms with Crippen LogP contribution < -0.4 is 5.43 Å². The van der Waals surface area contributed by atoms with Gasteiger partial charge in [-0.25, -0.2) is 4.98 Å². The molecular formula is C19H19N3O3. The molecule has 4 rings (SSSR count). The number of hydrogen-bond donors (Lipinski definition) is 1. The molecule has 0 spiro atoms. The van der Waals surface area contributed by atoms with Crippen molar-refractivity contribution in [3.05, 3.63) is 64.0 Å². The second-order valence-corrected chi connectivity index (χ2v) is 6.51. The van der Waals surface area contributed by atoms with E-state index in [0.717, 1.165) is 24.4 Å². The molecule has 1 aromatic carbocycles. The van der Waals surface area contributed by atoms with Gasteiger partial charge in [-0.15, -0.1) is 0 Å². The fourth-order valence-electron chi connectivity index (χ4n) is 3.39. The molecule has 0 radical (unpaired) electrons. The smallest absolute Gasteiger partial charge is 0.289 e. The van der Waals surface area contributed by atoms with Gasteiger partial charge in [-0.1, -0.05) is 12.1 Å². The topological polar surface area (TPSA) is 79.2 Å². The number of nitrogens with one attached hydrogen (secondary N) is 1. The molecule has 6 nitrogen and oxygen atoms in total. The van der Waals surface area contributed by atoms with Gasteiger partial charge in [-0.2, -0.15) is 0 Å². The van der Waals surface area contributed by atoms with E-state index in [1.54, 1.807) is 35.4 Å². The van der Waals surface area contributed by atoms with Crippen LogP contribution in [0.1, 0.15) is 40.8 Å². The molecule has 1 fully saturated rings. The van der Waals surface area contributed by atoms with Crippen LogP contribution in [0.25, 0.3) is 11.0 Å². The predicted octanol–water partition coefficient (Wildman–Crippen LogP) is 2.84. The Hall–Kier alpha value is -2.89. The third kappa shape index (κ3) is 2.95. The number of benzene rings is 1. The summed E-state index contributed by atoms with van der Waals surface area (Å²) in [5, 5.41) is 0.488. The number of hydrogen-bond acceptors (Lipinski definition) is 4. The summed E-state index contributed by atoms with van der Waals surface area (Å²) in [7, 11) is 0. The van der Waals surface area contributed by atoms with E-state index in [1.165, 1.54) is 6.07 Å². The highest BCUT2D eigenvalue weighted by atomic mass is 16.3. The van der Waals surface area contributed by atoms with Gasteiger partial charge in [0.2, 0.25) is 0 Å². The monoisotopic (exact) mass is 337 g/mol. The van der Waals surface area contributed by atoms with Crippen LogP contribution in [0.5, 0.6) is 0 Å². The van der Waals surface area contributed by atoms with Crippen molar-refractivity contribution >= 4 is 16.9 Å². The maximum Gasteiger partial charge on any atom is 0.289 e. The molecular weight excluding hydrogens is 318 g/mol. The summed E-state index contributed by atoms with van der Waals surface area (Å²) < 4.78 is 5.69. The minimum Gasteiger partial charge on any atom is -0.451 e. The number of amides is 1. The number of fused-ring (bicyclic) bond motifs is 1. The number of H-pyrrole nitrogens is 1. The molecule has 25 heavy (non-hydrogen) atoms. The number of aryl methyl sites for hydroxylation is 1. The van der Waals surface area contributed by atoms with E-state index < -0.39 is 0 Å². The summed E-state index contributed by atoms with van der Waals surface area (Å²) in [5.74, 6) is 0.948. The molecule has 1 aliphatic heterocycles. The Morgan fingerprint density at radius 2 is 2.20 bits per heavy atom. The van der Waals surface area contributed by atoms with Crippen LogP contribution in [0.15, 0.2) is 45.7 Å². The Balaban J connectivity index is 1.61. The van der Waals surface area contributed by atoms with Crippen LogP contribution in [-0.4, -0.2) is 33.9 Å². The molecule has 1 amide bonds. The van der Waals surface area contributed by atoms with E-state index in [4.69, 9.17) is 4.42 Å². The minimum absolute atomic E-state index is 0.0972. The fraction of sp³-hybridized carbons (Fsp3) is 0.316. The standard InChI is InChI=1S/C19H19N3O3/c1-12-10-20-18(21-12)13-5-4-8-22(11-13)19(24)17-9-15(23)14-6-2-3-7-16(14)25-17/h2-3,6-7,9-10,13H,4-5,8,11H2,1H3,(H,20,21)/t13-/m1/s1. The van der Waals surface area contributed by atoms with Gasteiger partial charge >= 0.3 is 0 Å². The number of rotatable bonds is 2. The summed E-state index contributed by atoms with van der Waals surface area (Å²) in [4.78, 5) is 34.5. The van der Waals surface area contributed by atoms with Crippen molar-refractivity contribution in [2.24, 2.45) is 0 Å². The zero-order valence-electron chi connectivity index (χ0n) is 14.0. The molecule has 3 heterocycles. The Bertz CT molecular complexity index is 989. The second kappa shape index (κ2) is 6.20. The highest BCUT2D eigenvalue weighted by Gasteiger charge is 2.28. The van der Waals surface area contributed by atoms with Gasteiger partial charge in [0.1, 0.15) is 11.4 Å². The number of carbonyl (C=O) groups is 1. The van der Waals surface area contributed by atoms with Gasteiger partial charge in [-0.3, -0.25) is 9.59 Å². The SMILES string of the molecule is Cc1cnc([C@@H]2CCCN(C(=O)c3cc(=O)c4ccccc4o3)C2)[nH]1. The van der Waals surface area contributed by atoms with Crippen LogP contribution >= 0.6 is 0 Å². The van der Waals surface area contributed by atoms with Gasteiger partial charge in [0, 0.05) is 37.0 Å². The fourth-order valence-corrected chi connectivity index (χ4v) is 3.39. The van der Waals surface area contributed by atoms with Crippen molar-refractivity contribution in [3.8, 4) is 0 Å². The summed E-state index contributed by atoms with van der Waals surface area (Å²) in [6, 6.07) is 8.27. The van der Waals surface area contributed by atoms with Crippen LogP contribution in [-0.2, 0) is 0 Å². The number of para-hydroxylation sites is 1. The first-order chi connectivity index (χ1) is 12.1. The zero-order chi connectivity index (χ0) is 17.4. The van der Waals surface area contributed by atoms with E-state index in [-0.39, 0.29) is 23.0 Å². The Kier molecular flexibility index (Phi) is 3.87. The molecule has 1 aliphatic rings. The molecule has 3 aromatic rings. The van der Waals surface area contributed by atoms with Crippen molar-refractivity contribution in [3.63, 3.8) is 0 Å². The molecule has 0 unspecified atom stereocenters. The average molecular weight is 337 g/mol. The molecule has 0 aliphatic carbocycles. The van der Waals surface area contributed by atoms with Crippen LogP contribution in [0.2, 0.25) is 0 Å². The molecule has 2 aromatic heterocycles. The minimum atomic E-state index is -0.240. The number of aromatic amines is 1. The Labute approximate surface area is 144 Å². The summed E-state index contributed by atoms with van der Waals surface area (Å²) in [5.41, 5.74) is 1.26. The van der Waals surface area contributed by atoms with Gasteiger partial charge < -0.3 is 14.3 Å². The van der Waals surface area contributed by atoms with Gasteiger partial charge in [-0.05, 0) is 31.9 Å². The summed E-state index contributed by atoms with van der Waals surface area (Å²) in [6.45, 7) is 3.19. The maximum atomic E-state index is 12.8. The first kappa shape index (κ1) is 15.6. The molecule has 1 N–H and O–H groups in total. The number of piperidine rings is 1. The number of imidazole rings is 1. The summed E-state index contributed by atoms with van der Waals surface area (Å²) in [6.07, 6.45) is 3.69. The third-order valence-electron chi connectivity index (χ3n) is 4.66. The van der Waals surface area contributed by atoms with E-state index in [2.05, 4.69) is 9.97 Å². The zero-order valence-corrected chi connectivity index (χ0v) is 14.0. The first-order valence-electron chi connectivity index (χ1n) is 8.45. The van der Waals surface area contributed by atoms with Gasteiger partial charge in [0.15, 0.2) is 11.2 Å². The van der Waals surface area contributed by atoms with Crippen LogP contribution in [0.3, 0.4) is 0 Å². The molecule has 1 atom stereocenters. The quantitative estimate of drug-likeness (QED) is 0.780. The van der Waals surface area contributed by atoms with Gasteiger partial charge in [0.25, 0.3) is 5.91 Å².